The van der Waals surface area contributed by atoms with Crippen molar-refractivity contribution in [2.45, 2.75) is 25.2 Å². The summed E-state index contributed by atoms with van der Waals surface area (Å²) in [4.78, 5) is 8.37. The molecule has 0 bridgehead atoms. The van der Waals surface area contributed by atoms with Gasteiger partial charge in [-0.15, -0.1) is 24.0 Å². The van der Waals surface area contributed by atoms with Crippen LogP contribution in [0.15, 0.2) is 23.2 Å². The SMILES string of the molecule is CN=C(NCc1cc(C(F)(F)F)ccc1N1CCN(C)CC1)NC1CCS(=O)(=O)C1.I. The Hall–Kier alpha value is -1.28. The van der Waals surface area contributed by atoms with Crippen LogP contribution >= 0.6 is 24.0 Å². The Morgan fingerprint density at radius 1 is 1.23 bits per heavy atom. The maximum Gasteiger partial charge on any atom is 0.416 e. The Morgan fingerprint density at radius 2 is 1.90 bits per heavy atom. The third-order valence-corrected chi connectivity index (χ3v) is 7.26. The normalized spacial score (nSPS) is 22.2. The smallest absolute Gasteiger partial charge is 0.369 e. The molecule has 2 aliphatic rings. The lowest BCUT2D eigenvalue weighted by Gasteiger charge is -2.35. The van der Waals surface area contributed by atoms with Gasteiger partial charge in [-0.05, 0) is 37.2 Å². The number of sulfone groups is 1. The lowest BCUT2D eigenvalue weighted by Crippen LogP contribution is -2.45. The molecule has 176 valence electrons. The van der Waals surface area contributed by atoms with Gasteiger partial charge >= 0.3 is 6.18 Å². The zero-order valence-electron chi connectivity index (χ0n) is 17.6. The van der Waals surface area contributed by atoms with Crippen LogP contribution in [0.5, 0.6) is 0 Å². The Kier molecular flexibility index (Phi) is 8.85. The first-order valence-corrected chi connectivity index (χ1v) is 11.7. The highest BCUT2D eigenvalue weighted by molar-refractivity contribution is 14.0. The Bertz CT molecular complexity index is 887. The highest BCUT2D eigenvalue weighted by Crippen LogP contribution is 2.33. The number of rotatable bonds is 4. The first-order chi connectivity index (χ1) is 14.1. The van der Waals surface area contributed by atoms with Gasteiger partial charge in [-0.25, -0.2) is 8.42 Å². The third kappa shape index (κ3) is 7.11. The van der Waals surface area contributed by atoms with Gasteiger partial charge in [0.25, 0.3) is 0 Å². The second-order valence-corrected chi connectivity index (χ2v) is 10.0. The van der Waals surface area contributed by atoms with E-state index in [-0.39, 0.29) is 48.1 Å². The minimum atomic E-state index is -4.42. The van der Waals surface area contributed by atoms with Crippen LogP contribution in [-0.4, -0.2) is 77.1 Å². The molecule has 1 aromatic carbocycles. The molecule has 2 fully saturated rings. The number of nitrogens with zero attached hydrogens (tertiary/aromatic N) is 3. The summed E-state index contributed by atoms with van der Waals surface area (Å²) >= 11 is 0. The fraction of sp³-hybridized carbons (Fsp3) is 0.632. The van der Waals surface area contributed by atoms with Gasteiger partial charge in [0.05, 0.1) is 17.1 Å². The molecule has 0 aromatic heterocycles. The number of likely N-dealkylation sites (N-methyl/N-ethyl adjacent to an activating group) is 1. The van der Waals surface area contributed by atoms with Crippen LogP contribution in [0.3, 0.4) is 0 Å². The predicted octanol–water partition coefficient (Wildman–Crippen LogP) is 1.93. The van der Waals surface area contributed by atoms with Crippen molar-refractivity contribution in [2.24, 2.45) is 4.99 Å². The molecule has 2 aliphatic heterocycles. The van der Waals surface area contributed by atoms with E-state index in [0.717, 1.165) is 37.9 Å². The van der Waals surface area contributed by atoms with Crippen LogP contribution in [-0.2, 0) is 22.6 Å². The number of benzene rings is 1. The quantitative estimate of drug-likeness (QED) is 0.325. The highest BCUT2D eigenvalue weighted by Gasteiger charge is 2.32. The van der Waals surface area contributed by atoms with Crippen molar-refractivity contribution in [1.29, 1.82) is 0 Å². The summed E-state index contributed by atoms with van der Waals surface area (Å²) in [5.41, 5.74) is 0.598. The lowest BCUT2D eigenvalue weighted by molar-refractivity contribution is -0.137. The van der Waals surface area contributed by atoms with Crippen LogP contribution in [0.25, 0.3) is 0 Å². The fourth-order valence-electron chi connectivity index (χ4n) is 3.74. The first kappa shape index (κ1) is 26.0. The van der Waals surface area contributed by atoms with Gasteiger partial charge in [-0.3, -0.25) is 4.99 Å². The summed E-state index contributed by atoms with van der Waals surface area (Å²) in [7, 11) is 0.522. The summed E-state index contributed by atoms with van der Waals surface area (Å²) in [5, 5.41) is 6.10. The first-order valence-electron chi connectivity index (χ1n) is 9.88. The van der Waals surface area contributed by atoms with E-state index in [1.807, 2.05) is 7.05 Å². The van der Waals surface area contributed by atoms with Crippen LogP contribution < -0.4 is 15.5 Å². The van der Waals surface area contributed by atoms with Crippen molar-refractivity contribution in [1.82, 2.24) is 15.5 Å². The predicted molar refractivity (Wildman–Crippen MR) is 127 cm³/mol. The molecule has 1 aromatic rings. The Labute approximate surface area is 198 Å². The summed E-state index contributed by atoms with van der Waals surface area (Å²) in [6.07, 6.45) is -3.94. The molecule has 0 aliphatic carbocycles. The third-order valence-electron chi connectivity index (χ3n) is 5.49. The van der Waals surface area contributed by atoms with E-state index in [2.05, 4.69) is 25.4 Å². The molecule has 12 heteroatoms. The standard InChI is InChI=1S/C19H28F3N5O2S.HI/c1-23-18(25-16-5-10-30(28,29)13-16)24-12-14-11-15(19(20,21)22)3-4-17(14)27-8-6-26(2)7-9-27;/h3-4,11,16H,5-10,12-13H2,1-2H3,(H2,23,24,25);1H. The molecule has 1 atom stereocenters. The van der Waals surface area contributed by atoms with E-state index in [0.29, 0.717) is 17.9 Å². The molecule has 0 spiro atoms. The van der Waals surface area contributed by atoms with Gasteiger partial charge in [0.2, 0.25) is 0 Å². The topological polar surface area (TPSA) is 77.0 Å². The molecule has 1 unspecified atom stereocenters. The van der Waals surface area contributed by atoms with Gasteiger partial charge in [0.15, 0.2) is 15.8 Å². The van der Waals surface area contributed by atoms with Crippen molar-refractivity contribution in [2.75, 3.05) is 56.7 Å². The average Bonchev–Trinajstić information content (AvgIpc) is 3.03. The largest absolute Gasteiger partial charge is 0.416 e. The number of halogens is 4. The van der Waals surface area contributed by atoms with Crippen LogP contribution in [0.4, 0.5) is 18.9 Å². The van der Waals surface area contributed by atoms with Gasteiger partial charge < -0.3 is 20.4 Å². The van der Waals surface area contributed by atoms with Crippen molar-refractivity contribution in [3.63, 3.8) is 0 Å². The highest BCUT2D eigenvalue weighted by atomic mass is 127. The molecule has 0 saturated carbocycles. The Balaban J connectivity index is 0.00000341. The lowest BCUT2D eigenvalue weighted by atomic mass is 10.1. The van der Waals surface area contributed by atoms with Crippen molar-refractivity contribution in [3.05, 3.63) is 29.3 Å². The number of guanidine groups is 1. The second kappa shape index (κ2) is 10.6. The maximum atomic E-state index is 13.3. The van der Waals surface area contributed by atoms with Gasteiger partial charge in [-0.1, -0.05) is 0 Å². The number of aliphatic imine (C=N–C) groups is 1. The summed E-state index contributed by atoms with van der Waals surface area (Å²) in [5.74, 6) is 0.533. The maximum absolute atomic E-state index is 13.3. The second-order valence-electron chi connectivity index (χ2n) is 7.80. The molecule has 7 nitrogen and oxygen atoms in total. The fourth-order valence-corrected chi connectivity index (χ4v) is 5.41. The molecule has 2 heterocycles. The van der Waals surface area contributed by atoms with Crippen LogP contribution in [0.2, 0.25) is 0 Å². The average molecular weight is 575 g/mol. The molecule has 0 amide bonds. The zero-order chi connectivity index (χ0) is 21.9. The van der Waals surface area contributed by atoms with Crippen LogP contribution in [0, 0.1) is 0 Å². The number of alkyl halides is 3. The van der Waals surface area contributed by atoms with E-state index >= 15 is 0 Å². The zero-order valence-corrected chi connectivity index (χ0v) is 20.7. The number of anilines is 1. The van der Waals surface area contributed by atoms with Crippen LogP contribution in [0.1, 0.15) is 17.5 Å². The monoisotopic (exact) mass is 575 g/mol. The van der Waals surface area contributed by atoms with E-state index in [9.17, 15) is 21.6 Å². The summed E-state index contributed by atoms with van der Waals surface area (Å²) < 4.78 is 63.1. The van der Waals surface area contributed by atoms with Gasteiger partial charge in [0.1, 0.15) is 0 Å². The number of hydrogen-bond acceptors (Lipinski definition) is 5. The number of piperazine rings is 1. The van der Waals surface area contributed by atoms with Crippen molar-refractivity contribution >= 4 is 45.5 Å². The molecule has 0 radical (unpaired) electrons. The number of hydrogen-bond donors (Lipinski definition) is 2. The number of nitrogens with one attached hydrogen (secondary N) is 2. The van der Waals surface area contributed by atoms with Crippen molar-refractivity contribution in [3.8, 4) is 0 Å². The molecule has 3 rings (SSSR count). The molecule has 2 N–H and O–H groups in total. The van der Waals surface area contributed by atoms with E-state index < -0.39 is 21.6 Å². The summed E-state index contributed by atoms with van der Waals surface area (Å²) in [6.45, 7) is 3.30. The van der Waals surface area contributed by atoms with Gasteiger partial charge in [-0.2, -0.15) is 13.2 Å². The Morgan fingerprint density at radius 3 is 2.45 bits per heavy atom. The van der Waals surface area contributed by atoms with Gasteiger partial charge in [0, 0.05) is 51.5 Å². The summed E-state index contributed by atoms with van der Waals surface area (Å²) in [6, 6.07) is 3.58. The minimum absolute atomic E-state index is 0. The van der Waals surface area contributed by atoms with Crippen molar-refractivity contribution < 1.29 is 21.6 Å². The molecule has 31 heavy (non-hydrogen) atoms. The minimum Gasteiger partial charge on any atom is -0.369 e. The molecular weight excluding hydrogens is 546 g/mol. The van der Waals surface area contributed by atoms with E-state index in [4.69, 9.17) is 0 Å². The van der Waals surface area contributed by atoms with E-state index in [1.54, 1.807) is 7.05 Å². The molecular formula is C19H29F3IN5O2S. The van der Waals surface area contributed by atoms with E-state index in [1.165, 1.54) is 12.1 Å². The molecule has 2 saturated heterocycles.